The molecule has 130 valence electrons. The number of aliphatic imine (C=N–C) groups is 1. The lowest BCUT2D eigenvalue weighted by Gasteiger charge is -2.18. The molecule has 0 spiro atoms. The quantitative estimate of drug-likeness (QED) is 0.630. The van der Waals surface area contributed by atoms with Crippen molar-refractivity contribution < 1.29 is 4.74 Å². The Hall–Kier alpha value is -2.34. The smallest absolute Gasteiger partial charge is 0.191 e. The van der Waals surface area contributed by atoms with E-state index in [9.17, 15) is 0 Å². The molecule has 0 aliphatic rings. The highest BCUT2D eigenvalue weighted by Gasteiger charge is 2.10. The van der Waals surface area contributed by atoms with Crippen molar-refractivity contribution in [1.82, 2.24) is 20.4 Å². The molecule has 1 heterocycles. The van der Waals surface area contributed by atoms with Crippen LogP contribution in [0.5, 0.6) is 0 Å². The Labute approximate surface area is 143 Å². The highest BCUT2D eigenvalue weighted by atomic mass is 16.5. The minimum atomic E-state index is 0.187. The zero-order valence-corrected chi connectivity index (χ0v) is 15.1. The van der Waals surface area contributed by atoms with Crippen LogP contribution >= 0.6 is 0 Å². The van der Waals surface area contributed by atoms with E-state index in [0.29, 0.717) is 13.2 Å². The molecular weight excluding hydrogens is 302 g/mol. The predicted octanol–water partition coefficient (Wildman–Crippen LogP) is 2.19. The minimum Gasteiger partial charge on any atom is -0.383 e. The summed E-state index contributed by atoms with van der Waals surface area (Å²) in [6.07, 6.45) is 0. The van der Waals surface area contributed by atoms with Crippen molar-refractivity contribution in [2.75, 3.05) is 20.8 Å². The first-order chi connectivity index (χ1) is 11.5. The normalized spacial score (nSPS) is 13.0. The van der Waals surface area contributed by atoms with Crippen molar-refractivity contribution in [1.29, 1.82) is 0 Å². The summed E-state index contributed by atoms with van der Waals surface area (Å²) in [6, 6.07) is 10.5. The van der Waals surface area contributed by atoms with Crippen LogP contribution in [0.25, 0.3) is 5.69 Å². The van der Waals surface area contributed by atoms with E-state index in [1.165, 1.54) is 0 Å². The summed E-state index contributed by atoms with van der Waals surface area (Å²) in [4.78, 5) is 4.27. The number of benzene rings is 1. The molecule has 2 rings (SSSR count). The first kappa shape index (κ1) is 18.0. The van der Waals surface area contributed by atoms with Crippen molar-refractivity contribution in [2.45, 2.75) is 33.4 Å². The van der Waals surface area contributed by atoms with Gasteiger partial charge in [-0.25, -0.2) is 4.68 Å². The first-order valence-electron chi connectivity index (χ1n) is 8.12. The molecule has 2 aromatic rings. The number of aryl methyl sites for hydroxylation is 2. The summed E-state index contributed by atoms with van der Waals surface area (Å²) >= 11 is 0. The van der Waals surface area contributed by atoms with Crippen LogP contribution in [-0.4, -0.2) is 42.5 Å². The largest absolute Gasteiger partial charge is 0.383 e. The number of ether oxygens (including phenoxy) is 1. The SMILES string of the molecule is CN=C(NCc1ccccc1-n1nc(C)cc1C)NC(C)COC. The lowest BCUT2D eigenvalue weighted by Crippen LogP contribution is -2.43. The first-order valence-corrected chi connectivity index (χ1v) is 8.12. The van der Waals surface area contributed by atoms with Gasteiger partial charge in [0.25, 0.3) is 0 Å². The number of rotatable bonds is 6. The summed E-state index contributed by atoms with van der Waals surface area (Å²) in [7, 11) is 3.46. The monoisotopic (exact) mass is 329 g/mol. The predicted molar refractivity (Wildman–Crippen MR) is 97.7 cm³/mol. The number of methoxy groups -OCH3 is 1. The van der Waals surface area contributed by atoms with Crippen molar-refractivity contribution >= 4 is 5.96 Å². The van der Waals surface area contributed by atoms with Gasteiger partial charge in [0.2, 0.25) is 0 Å². The maximum Gasteiger partial charge on any atom is 0.191 e. The van der Waals surface area contributed by atoms with Crippen LogP contribution < -0.4 is 10.6 Å². The van der Waals surface area contributed by atoms with Gasteiger partial charge in [-0.3, -0.25) is 4.99 Å². The van der Waals surface area contributed by atoms with Gasteiger partial charge in [0.1, 0.15) is 0 Å². The lowest BCUT2D eigenvalue weighted by molar-refractivity contribution is 0.179. The third kappa shape index (κ3) is 4.58. The van der Waals surface area contributed by atoms with E-state index in [0.717, 1.165) is 28.6 Å². The second kappa shape index (κ2) is 8.49. The van der Waals surface area contributed by atoms with Crippen LogP contribution in [-0.2, 0) is 11.3 Å². The van der Waals surface area contributed by atoms with E-state index in [2.05, 4.69) is 52.8 Å². The number of hydrogen-bond acceptors (Lipinski definition) is 3. The van der Waals surface area contributed by atoms with E-state index in [4.69, 9.17) is 4.74 Å². The fraction of sp³-hybridized carbons (Fsp3) is 0.444. The van der Waals surface area contributed by atoms with Crippen LogP contribution in [0.1, 0.15) is 23.9 Å². The van der Waals surface area contributed by atoms with Gasteiger partial charge >= 0.3 is 0 Å². The number of hydrogen-bond donors (Lipinski definition) is 2. The third-order valence-electron chi connectivity index (χ3n) is 3.70. The summed E-state index contributed by atoms with van der Waals surface area (Å²) in [5.41, 5.74) is 4.37. The van der Waals surface area contributed by atoms with Crippen molar-refractivity contribution in [3.63, 3.8) is 0 Å². The molecule has 0 radical (unpaired) electrons. The van der Waals surface area contributed by atoms with Gasteiger partial charge in [-0.1, -0.05) is 18.2 Å². The highest BCUT2D eigenvalue weighted by Crippen LogP contribution is 2.16. The van der Waals surface area contributed by atoms with Gasteiger partial charge in [0, 0.05) is 32.4 Å². The number of nitrogens with zero attached hydrogens (tertiary/aromatic N) is 3. The van der Waals surface area contributed by atoms with E-state index < -0.39 is 0 Å². The maximum absolute atomic E-state index is 5.15. The van der Waals surface area contributed by atoms with Gasteiger partial charge in [0.15, 0.2) is 5.96 Å². The van der Waals surface area contributed by atoms with Gasteiger partial charge in [0.05, 0.1) is 18.0 Å². The Balaban J connectivity index is 2.12. The molecule has 0 saturated heterocycles. The summed E-state index contributed by atoms with van der Waals surface area (Å²) in [5, 5.41) is 11.2. The molecule has 0 bridgehead atoms. The number of guanidine groups is 1. The molecule has 6 nitrogen and oxygen atoms in total. The van der Waals surface area contributed by atoms with E-state index >= 15 is 0 Å². The Kier molecular flexibility index (Phi) is 6.37. The molecular formula is C18H27N5O. The number of aromatic nitrogens is 2. The molecule has 1 aromatic heterocycles. The Bertz CT molecular complexity index is 692. The van der Waals surface area contributed by atoms with Gasteiger partial charge in [-0.2, -0.15) is 5.10 Å². The maximum atomic E-state index is 5.15. The van der Waals surface area contributed by atoms with E-state index in [1.807, 2.05) is 23.7 Å². The highest BCUT2D eigenvalue weighted by molar-refractivity contribution is 5.80. The van der Waals surface area contributed by atoms with Crippen LogP contribution in [0.15, 0.2) is 35.3 Å². The Morgan fingerprint density at radius 1 is 1.33 bits per heavy atom. The average molecular weight is 329 g/mol. The van der Waals surface area contributed by atoms with Gasteiger partial charge < -0.3 is 15.4 Å². The number of para-hydroxylation sites is 1. The van der Waals surface area contributed by atoms with Crippen molar-refractivity contribution in [3.05, 3.63) is 47.3 Å². The van der Waals surface area contributed by atoms with Gasteiger partial charge in [-0.15, -0.1) is 0 Å². The van der Waals surface area contributed by atoms with Crippen LogP contribution in [0.4, 0.5) is 0 Å². The van der Waals surface area contributed by atoms with Gasteiger partial charge in [-0.05, 0) is 38.5 Å². The second-order valence-corrected chi connectivity index (χ2v) is 5.89. The topological polar surface area (TPSA) is 63.5 Å². The zero-order valence-electron chi connectivity index (χ0n) is 15.1. The molecule has 0 saturated carbocycles. The molecule has 0 fully saturated rings. The van der Waals surface area contributed by atoms with E-state index in [1.54, 1.807) is 14.2 Å². The molecule has 0 aliphatic heterocycles. The number of nitrogens with one attached hydrogen (secondary N) is 2. The summed E-state index contributed by atoms with van der Waals surface area (Å²) in [5.74, 6) is 0.753. The Morgan fingerprint density at radius 3 is 2.71 bits per heavy atom. The lowest BCUT2D eigenvalue weighted by atomic mass is 10.1. The fourth-order valence-corrected chi connectivity index (χ4v) is 2.64. The molecule has 1 unspecified atom stereocenters. The minimum absolute atomic E-state index is 0.187. The summed E-state index contributed by atoms with van der Waals surface area (Å²) in [6.45, 7) is 7.42. The molecule has 0 aliphatic carbocycles. The molecule has 6 heteroatoms. The van der Waals surface area contributed by atoms with Crippen molar-refractivity contribution in [2.24, 2.45) is 4.99 Å². The average Bonchev–Trinajstić information content (AvgIpc) is 2.90. The van der Waals surface area contributed by atoms with E-state index in [-0.39, 0.29) is 6.04 Å². The molecule has 0 amide bonds. The molecule has 2 N–H and O–H groups in total. The van der Waals surface area contributed by atoms with Crippen LogP contribution in [0, 0.1) is 13.8 Å². The standard InChI is InChI=1S/C18H27N5O/c1-13-10-15(3)23(22-13)17-9-7-6-8-16(17)11-20-18(19-4)21-14(2)12-24-5/h6-10,14H,11-12H2,1-5H3,(H2,19,20,21). The molecule has 1 atom stereocenters. The molecule has 1 aromatic carbocycles. The fourth-order valence-electron chi connectivity index (χ4n) is 2.64. The third-order valence-corrected chi connectivity index (χ3v) is 3.70. The molecule has 24 heavy (non-hydrogen) atoms. The van der Waals surface area contributed by atoms with Crippen molar-refractivity contribution in [3.8, 4) is 5.69 Å². The zero-order chi connectivity index (χ0) is 17.5. The van der Waals surface area contributed by atoms with Crippen LogP contribution in [0.3, 0.4) is 0 Å². The second-order valence-electron chi connectivity index (χ2n) is 5.89. The van der Waals surface area contributed by atoms with Crippen LogP contribution in [0.2, 0.25) is 0 Å². The Morgan fingerprint density at radius 2 is 2.08 bits per heavy atom. The summed E-state index contributed by atoms with van der Waals surface area (Å²) < 4.78 is 7.13.